The fraction of sp³-hybridized carbons (Fsp3) is 0.684. The van der Waals surface area contributed by atoms with Gasteiger partial charge in [-0.15, -0.1) is 24.0 Å². The Bertz CT molecular complexity index is 676. The fourth-order valence-corrected chi connectivity index (χ4v) is 4.46. The molecule has 0 spiro atoms. The van der Waals surface area contributed by atoms with Gasteiger partial charge in [0.05, 0.1) is 11.8 Å². The first-order chi connectivity index (χ1) is 13.1. The van der Waals surface area contributed by atoms with Crippen molar-refractivity contribution in [3.63, 3.8) is 0 Å². The number of guanidine groups is 1. The molecular formula is C19H28IN5O3. The van der Waals surface area contributed by atoms with Crippen molar-refractivity contribution >= 4 is 47.7 Å². The van der Waals surface area contributed by atoms with Crippen molar-refractivity contribution in [1.29, 1.82) is 0 Å². The van der Waals surface area contributed by atoms with Crippen LogP contribution in [0.3, 0.4) is 0 Å². The van der Waals surface area contributed by atoms with E-state index in [-0.39, 0.29) is 71.9 Å². The number of rotatable bonds is 7. The second kappa shape index (κ2) is 8.79. The molecule has 4 atom stereocenters. The van der Waals surface area contributed by atoms with E-state index in [1.165, 1.54) is 4.90 Å². The Labute approximate surface area is 182 Å². The summed E-state index contributed by atoms with van der Waals surface area (Å²) in [5, 5.41) is 9.09. The first-order valence-corrected chi connectivity index (χ1v) is 9.93. The molecule has 28 heavy (non-hydrogen) atoms. The van der Waals surface area contributed by atoms with Crippen LogP contribution >= 0.6 is 24.0 Å². The van der Waals surface area contributed by atoms with Crippen LogP contribution in [0.25, 0.3) is 0 Å². The van der Waals surface area contributed by atoms with E-state index in [1.54, 1.807) is 0 Å². The van der Waals surface area contributed by atoms with Crippen molar-refractivity contribution in [2.75, 3.05) is 26.2 Å². The number of halogens is 1. The molecule has 4 aliphatic rings. The standard InChI is InChI=1S/C19H27N5O3.HI/c1-2-20-19(22-10-14(25)23-13-5-6-13)21-7-8-24-17(26)15-11-3-4-12(9-11)16(15)18(24)27;/h3-4,11-13,15-16H,2,5-10H2,1H3,(H,23,25)(H2,20,21,22);1H. The molecule has 0 aromatic heterocycles. The van der Waals surface area contributed by atoms with E-state index in [1.807, 2.05) is 6.92 Å². The molecule has 2 bridgehead atoms. The van der Waals surface area contributed by atoms with Crippen LogP contribution in [0.1, 0.15) is 26.2 Å². The number of fused-ring (bicyclic) bond motifs is 5. The lowest BCUT2D eigenvalue weighted by Crippen LogP contribution is -2.44. The normalized spacial score (nSPS) is 30.3. The van der Waals surface area contributed by atoms with E-state index >= 15 is 0 Å². The second-order valence-corrected chi connectivity index (χ2v) is 7.79. The van der Waals surface area contributed by atoms with Crippen LogP contribution in [0.4, 0.5) is 0 Å². The Morgan fingerprint density at radius 3 is 2.36 bits per heavy atom. The maximum atomic E-state index is 12.7. The second-order valence-electron chi connectivity index (χ2n) is 7.79. The zero-order valence-electron chi connectivity index (χ0n) is 16.0. The fourth-order valence-electron chi connectivity index (χ4n) is 4.46. The molecule has 154 valence electrons. The molecule has 4 unspecified atom stereocenters. The minimum atomic E-state index is -0.152. The Hall–Kier alpha value is -1.65. The molecule has 1 heterocycles. The molecule has 2 saturated carbocycles. The van der Waals surface area contributed by atoms with Gasteiger partial charge in [0.2, 0.25) is 17.7 Å². The Balaban J connectivity index is 0.00000225. The minimum Gasteiger partial charge on any atom is -0.357 e. The number of nitrogens with zero attached hydrogens (tertiary/aromatic N) is 2. The largest absolute Gasteiger partial charge is 0.357 e. The first kappa shape index (κ1) is 21.1. The van der Waals surface area contributed by atoms with Gasteiger partial charge in [0.25, 0.3) is 0 Å². The number of nitrogens with one attached hydrogen (secondary N) is 3. The highest BCUT2D eigenvalue weighted by Crippen LogP contribution is 2.52. The van der Waals surface area contributed by atoms with Crippen LogP contribution in [0.5, 0.6) is 0 Å². The maximum absolute atomic E-state index is 12.7. The predicted octanol–water partition coefficient (Wildman–Crippen LogP) is 0.245. The SMILES string of the molecule is CCNC(=NCC(=O)NC1CC1)NCCN1C(=O)C2C3C=CC(C3)C2C1=O.I. The molecule has 3 amide bonds. The van der Waals surface area contributed by atoms with E-state index in [9.17, 15) is 14.4 Å². The molecule has 3 fully saturated rings. The summed E-state index contributed by atoms with van der Waals surface area (Å²) in [6.45, 7) is 3.40. The van der Waals surface area contributed by atoms with Crippen LogP contribution in [0, 0.1) is 23.7 Å². The van der Waals surface area contributed by atoms with Gasteiger partial charge in [0.1, 0.15) is 6.54 Å². The number of carbonyl (C=O) groups excluding carboxylic acids is 3. The van der Waals surface area contributed by atoms with Gasteiger partial charge in [-0.2, -0.15) is 0 Å². The number of hydrogen-bond donors (Lipinski definition) is 3. The number of likely N-dealkylation sites (tertiary alicyclic amines) is 1. The summed E-state index contributed by atoms with van der Waals surface area (Å²) >= 11 is 0. The highest BCUT2D eigenvalue weighted by atomic mass is 127. The number of allylic oxidation sites excluding steroid dienone is 2. The highest BCUT2D eigenvalue weighted by molar-refractivity contribution is 14.0. The smallest absolute Gasteiger partial charge is 0.242 e. The van der Waals surface area contributed by atoms with Crippen molar-refractivity contribution in [3.05, 3.63) is 12.2 Å². The number of imide groups is 1. The van der Waals surface area contributed by atoms with Crippen molar-refractivity contribution < 1.29 is 14.4 Å². The predicted molar refractivity (Wildman–Crippen MR) is 115 cm³/mol. The van der Waals surface area contributed by atoms with Gasteiger partial charge in [0.15, 0.2) is 5.96 Å². The molecular weight excluding hydrogens is 473 g/mol. The van der Waals surface area contributed by atoms with Crippen LogP contribution in [-0.2, 0) is 14.4 Å². The third kappa shape index (κ3) is 4.18. The summed E-state index contributed by atoms with van der Waals surface area (Å²) in [7, 11) is 0. The quantitative estimate of drug-likeness (QED) is 0.153. The summed E-state index contributed by atoms with van der Waals surface area (Å²) in [4.78, 5) is 42.8. The Morgan fingerprint density at radius 2 is 1.79 bits per heavy atom. The highest BCUT2D eigenvalue weighted by Gasteiger charge is 2.58. The topological polar surface area (TPSA) is 103 Å². The monoisotopic (exact) mass is 501 g/mol. The van der Waals surface area contributed by atoms with Gasteiger partial charge in [0, 0.05) is 25.7 Å². The van der Waals surface area contributed by atoms with E-state index in [0.717, 1.165) is 19.3 Å². The van der Waals surface area contributed by atoms with Crippen LogP contribution in [-0.4, -0.2) is 60.8 Å². The third-order valence-electron chi connectivity index (χ3n) is 5.86. The van der Waals surface area contributed by atoms with Gasteiger partial charge in [-0.1, -0.05) is 12.2 Å². The van der Waals surface area contributed by atoms with Crippen molar-refractivity contribution in [3.8, 4) is 0 Å². The Morgan fingerprint density at radius 1 is 1.14 bits per heavy atom. The summed E-state index contributed by atoms with van der Waals surface area (Å²) in [5.74, 6) is 0.529. The van der Waals surface area contributed by atoms with Crippen LogP contribution in [0.2, 0.25) is 0 Å². The molecule has 3 N–H and O–H groups in total. The zero-order valence-corrected chi connectivity index (χ0v) is 18.3. The summed E-state index contributed by atoms with van der Waals surface area (Å²) < 4.78 is 0. The van der Waals surface area contributed by atoms with Crippen LogP contribution < -0.4 is 16.0 Å². The van der Waals surface area contributed by atoms with Crippen molar-refractivity contribution in [2.45, 2.75) is 32.2 Å². The van der Waals surface area contributed by atoms with E-state index in [4.69, 9.17) is 0 Å². The van der Waals surface area contributed by atoms with Gasteiger partial charge in [-0.05, 0) is 38.0 Å². The third-order valence-corrected chi connectivity index (χ3v) is 5.86. The average molecular weight is 501 g/mol. The van der Waals surface area contributed by atoms with E-state index in [0.29, 0.717) is 31.6 Å². The maximum Gasteiger partial charge on any atom is 0.242 e. The van der Waals surface area contributed by atoms with E-state index in [2.05, 4.69) is 33.1 Å². The summed E-state index contributed by atoms with van der Waals surface area (Å²) in [6, 6.07) is 0.319. The molecule has 3 aliphatic carbocycles. The lowest BCUT2D eigenvalue weighted by atomic mass is 9.85. The molecule has 1 saturated heterocycles. The van der Waals surface area contributed by atoms with Gasteiger partial charge in [-0.3, -0.25) is 19.3 Å². The Kier molecular flexibility index (Phi) is 6.61. The molecule has 8 nitrogen and oxygen atoms in total. The molecule has 4 rings (SSSR count). The lowest BCUT2D eigenvalue weighted by molar-refractivity contribution is -0.140. The number of amides is 3. The first-order valence-electron chi connectivity index (χ1n) is 9.93. The molecule has 0 aromatic carbocycles. The van der Waals surface area contributed by atoms with Gasteiger partial charge < -0.3 is 16.0 Å². The average Bonchev–Trinajstić information content (AvgIpc) is 3.12. The molecule has 0 radical (unpaired) electrons. The van der Waals surface area contributed by atoms with Crippen LogP contribution in [0.15, 0.2) is 17.1 Å². The van der Waals surface area contributed by atoms with E-state index < -0.39 is 0 Å². The van der Waals surface area contributed by atoms with Gasteiger partial charge in [-0.25, -0.2) is 4.99 Å². The number of hydrogen-bond acceptors (Lipinski definition) is 4. The molecule has 1 aliphatic heterocycles. The lowest BCUT2D eigenvalue weighted by Gasteiger charge is -2.18. The molecule has 9 heteroatoms. The number of carbonyl (C=O) groups is 3. The van der Waals surface area contributed by atoms with Crippen molar-refractivity contribution in [2.24, 2.45) is 28.7 Å². The minimum absolute atomic E-state index is 0. The summed E-state index contributed by atoms with van der Waals surface area (Å²) in [6.07, 6.45) is 7.23. The van der Waals surface area contributed by atoms with Gasteiger partial charge >= 0.3 is 0 Å². The number of aliphatic imine (C=N–C) groups is 1. The summed E-state index contributed by atoms with van der Waals surface area (Å²) in [5.41, 5.74) is 0. The van der Waals surface area contributed by atoms with Crippen molar-refractivity contribution in [1.82, 2.24) is 20.9 Å². The molecule has 0 aromatic rings. The zero-order chi connectivity index (χ0) is 19.0.